The Morgan fingerprint density at radius 3 is 2.12 bits per heavy atom. The molecule has 3 unspecified atom stereocenters. The van der Waals surface area contributed by atoms with Crippen molar-refractivity contribution in [2.24, 2.45) is 22.0 Å². The highest BCUT2D eigenvalue weighted by molar-refractivity contribution is 6.12. The molecule has 9 amide bonds. The van der Waals surface area contributed by atoms with E-state index in [-0.39, 0.29) is 90.3 Å². The fourth-order valence-corrected chi connectivity index (χ4v) is 6.18. The molecule has 25 nitrogen and oxygen atoms in total. The predicted molar refractivity (Wildman–Crippen MR) is 240 cm³/mol. The van der Waals surface area contributed by atoms with Crippen molar-refractivity contribution in [2.45, 2.75) is 70.8 Å². The number of urea groups is 1. The quantitative estimate of drug-likeness (QED) is 0.0329. The predicted octanol–water partition coefficient (Wildman–Crippen LogP) is 0.611. The van der Waals surface area contributed by atoms with Crippen molar-refractivity contribution >= 4 is 53.6 Å². The van der Waals surface area contributed by atoms with Crippen LogP contribution in [0.25, 0.3) is 0 Å². The molecule has 2 aliphatic rings. The molecular formula is C42H66N12O13. The Kier molecular flexibility index (Phi) is 23.2. The molecule has 8 N–H and O–H groups in total. The first-order valence-corrected chi connectivity index (χ1v) is 21.9. The van der Waals surface area contributed by atoms with E-state index < -0.39 is 65.9 Å². The molecule has 0 spiro atoms. The van der Waals surface area contributed by atoms with Crippen LogP contribution in [0.5, 0.6) is 0 Å². The molecule has 25 heteroatoms. The van der Waals surface area contributed by atoms with Gasteiger partial charge in [0.05, 0.1) is 46.1 Å². The lowest BCUT2D eigenvalue weighted by Gasteiger charge is -2.29. The molecule has 0 aromatic heterocycles. The summed E-state index contributed by atoms with van der Waals surface area (Å²) in [5, 5.41) is 26.1. The highest BCUT2D eigenvalue weighted by Crippen LogP contribution is 2.14. The summed E-state index contributed by atoms with van der Waals surface area (Å²) >= 11 is 0. The first kappa shape index (κ1) is 54.7. The van der Waals surface area contributed by atoms with Gasteiger partial charge in [-0.15, -0.1) is 0 Å². The molecule has 3 rings (SSSR count). The molecule has 0 saturated heterocycles. The van der Waals surface area contributed by atoms with E-state index in [0.29, 0.717) is 30.9 Å². The van der Waals surface area contributed by atoms with Gasteiger partial charge < -0.3 is 66.2 Å². The summed E-state index contributed by atoms with van der Waals surface area (Å²) in [6, 6.07) is 3.45. The van der Waals surface area contributed by atoms with Gasteiger partial charge in [0.2, 0.25) is 11.8 Å². The maximum absolute atomic E-state index is 13.5. The zero-order valence-corrected chi connectivity index (χ0v) is 39.0. The highest BCUT2D eigenvalue weighted by atomic mass is 16.6. The van der Waals surface area contributed by atoms with Crippen molar-refractivity contribution < 1.29 is 62.0 Å². The van der Waals surface area contributed by atoms with Gasteiger partial charge in [-0.25, -0.2) is 19.2 Å². The molecule has 0 radical (unpaired) electrons. The van der Waals surface area contributed by atoms with Crippen LogP contribution < -0.4 is 37.6 Å². The van der Waals surface area contributed by atoms with Crippen molar-refractivity contribution in [3.63, 3.8) is 0 Å². The van der Waals surface area contributed by atoms with Crippen LogP contribution >= 0.6 is 0 Å². The lowest BCUT2D eigenvalue weighted by molar-refractivity contribution is -0.137. The third-order valence-electron chi connectivity index (χ3n) is 10.0. The first-order chi connectivity index (χ1) is 31.9. The zero-order valence-electron chi connectivity index (χ0n) is 39.0. The molecule has 0 bridgehead atoms. The van der Waals surface area contributed by atoms with Gasteiger partial charge in [0, 0.05) is 50.1 Å². The highest BCUT2D eigenvalue weighted by Gasteiger charge is 2.30. The maximum atomic E-state index is 13.5. The molecule has 0 saturated carbocycles. The summed E-state index contributed by atoms with van der Waals surface area (Å²) in [5.74, 6) is -2.38. The molecule has 3 atom stereocenters. The molecule has 2 heterocycles. The minimum Gasteiger partial charge on any atom is -0.447 e. The Hall–Kier alpha value is -6.60. The molecule has 0 aliphatic carbocycles. The number of rotatable bonds is 29. The summed E-state index contributed by atoms with van der Waals surface area (Å²) in [5.41, 5.74) is 5.97. The van der Waals surface area contributed by atoms with Crippen molar-refractivity contribution in [3.05, 3.63) is 42.0 Å². The summed E-state index contributed by atoms with van der Waals surface area (Å²) in [6.45, 7) is 9.33. The first-order valence-electron chi connectivity index (χ1n) is 21.9. The summed E-state index contributed by atoms with van der Waals surface area (Å²) in [4.78, 5) is 101. The number of hydrogen-bond donors (Lipinski definition) is 7. The Morgan fingerprint density at radius 1 is 0.851 bits per heavy atom. The molecule has 2 aliphatic heterocycles. The van der Waals surface area contributed by atoms with Gasteiger partial charge in [-0.3, -0.25) is 29.1 Å². The minimum atomic E-state index is -1.08. The maximum Gasteiger partial charge on any atom is 0.409 e. The van der Waals surface area contributed by atoms with E-state index in [1.165, 1.54) is 17.1 Å². The number of ether oxygens (including phenoxy) is 5. The van der Waals surface area contributed by atoms with Crippen LogP contribution in [0.4, 0.5) is 24.9 Å². The average molecular weight is 947 g/mol. The Bertz CT molecular complexity index is 1860. The number of nitrogens with two attached hydrogens (primary N) is 1. The van der Waals surface area contributed by atoms with Gasteiger partial charge in [-0.05, 0) is 57.4 Å². The number of imide groups is 1. The summed E-state index contributed by atoms with van der Waals surface area (Å²) < 4.78 is 26.6. The van der Waals surface area contributed by atoms with Gasteiger partial charge in [-0.1, -0.05) is 31.2 Å². The van der Waals surface area contributed by atoms with Crippen LogP contribution in [0, 0.1) is 5.92 Å². The van der Waals surface area contributed by atoms with Crippen LogP contribution in [0.15, 0.2) is 46.8 Å². The van der Waals surface area contributed by atoms with Crippen molar-refractivity contribution in [2.75, 3.05) is 98.3 Å². The standard InChI is InChI=1S/C42H66N12O13/c1-28(2)35(37(58)48-32(8-7-15-45-38(43)59)36(57)47-30-11-9-29(10-12-30)26-67-41(62)52(6)27-42(3,4)44-5)49-40(61)66-23-21-63-18-16-53-25-31(50-51-53)24-46-39(60)65-22-20-64-19-17-54-33(55)13-14-34(54)56/h9-14,28,31-32,35,44H,7-8,15-27H2,1-6H3,(H,46,60)(H,47,57)(H,48,58)(H,49,61)(H3,43,45,59). The number of primary amides is 1. The van der Waals surface area contributed by atoms with Crippen LogP contribution in [-0.4, -0.2) is 179 Å². The van der Waals surface area contributed by atoms with Gasteiger partial charge >= 0.3 is 24.3 Å². The topological polar surface area (TPSA) is 315 Å². The van der Waals surface area contributed by atoms with Crippen LogP contribution in [-0.2, 0) is 49.5 Å². The second-order valence-corrected chi connectivity index (χ2v) is 16.4. The summed E-state index contributed by atoms with van der Waals surface area (Å²) in [7, 11) is 3.46. The van der Waals surface area contributed by atoms with Crippen LogP contribution in [0.3, 0.4) is 0 Å². The smallest absolute Gasteiger partial charge is 0.409 e. The van der Waals surface area contributed by atoms with E-state index >= 15 is 0 Å². The fourth-order valence-electron chi connectivity index (χ4n) is 6.18. The number of amides is 9. The van der Waals surface area contributed by atoms with Crippen LogP contribution in [0.2, 0.25) is 0 Å². The average Bonchev–Trinajstić information content (AvgIpc) is 3.88. The second-order valence-electron chi connectivity index (χ2n) is 16.4. The Balaban J connectivity index is 1.34. The second kappa shape index (κ2) is 28.4. The number of nitrogens with one attached hydrogen (secondary N) is 6. The molecule has 1 aromatic carbocycles. The minimum absolute atomic E-state index is 0.00957. The lowest BCUT2D eigenvalue weighted by atomic mass is 10.0. The normalized spacial score (nSPS) is 15.2. The molecule has 1 aromatic rings. The van der Waals surface area contributed by atoms with Gasteiger partial charge in [0.15, 0.2) is 0 Å². The van der Waals surface area contributed by atoms with E-state index in [0.717, 1.165) is 4.90 Å². The molecule has 67 heavy (non-hydrogen) atoms. The number of likely N-dealkylation sites (N-methyl/N-ethyl adjacent to an activating group) is 2. The number of carbonyl (C=O) groups excluding carboxylic acids is 8. The molecule has 0 fully saturated rings. The third kappa shape index (κ3) is 21.1. The van der Waals surface area contributed by atoms with Gasteiger partial charge in [0.1, 0.15) is 37.9 Å². The number of hydrogen-bond acceptors (Lipinski definition) is 17. The number of carbonyl (C=O) groups is 8. The SMILES string of the molecule is CNC(C)(C)CN(C)C(=O)OCc1ccc(NC(=O)C(CCCNC(N)=O)NC(=O)C(NC(=O)OCCOCCN2CC(CNC(=O)OCCOCCN3C(=O)C=CC3=O)N=N2)C(C)C)cc1. The van der Waals surface area contributed by atoms with E-state index in [4.69, 9.17) is 29.4 Å². The molecule has 372 valence electrons. The lowest BCUT2D eigenvalue weighted by Crippen LogP contribution is -2.54. The van der Waals surface area contributed by atoms with Gasteiger partial charge in [-0.2, -0.15) is 5.11 Å². The number of alkyl carbamates (subject to hydrolysis) is 2. The number of nitrogens with zero attached hydrogens (tertiary/aromatic N) is 5. The molecular weight excluding hydrogens is 881 g/mol. The third-order valence-corrected chi connectivity index (χ3v) is 10.0. The van der Waals surface area contributed by atoms with Crippen molar-refractivity contribution in [1.82, 2.24) is 41.4 Å². The van der Waals surface area contributed by atoms with Gasteiger partial charge in [0.25, 0.3) is 11.8 Å². The van der Waals surface area contributed by atoms with Crippen molar-refractivity contribution in [3.8, 4) is 0 Å². The van der Waals surface area contributed by atoms with E-state index in [9.17, 15) is 38.4 Å². The van der Waals surface area contributed by atoms with E-state index in [1.807, 2.05) is 20.9 Å². The number of anilines is 1. The zero-order chi connectivity index (χ0) is 49.4. The number of benzene rings is 1. The van der Waals surface area contributed by atoms with Crippen molar-refractivity contribution in [1.29, 1.82) is 0 Å². The van der Waals surface area contributed by atoms with E-state index in [1.54, 1.807) is 50.2 Å². The fraction of sp³-hybridized carbons (Fsp3) is 0.619. The Morgan fingerprint density at radius 2 is 1.49 bits per heavy atom. The van der Waals surface area contributed by atoms with E-state index in [2.05, 4.69) is 42.2 Å². The summed E-state index contributed by atoms with van der Waals surface area (Å²) in [6.07, 6.45) is 0.766. The van der Waals surface area contributed by atoms with Crippen LogP contribution in [0.1, 0.15) is 46.1 Å². The monoisotopic (exact) mass is 946 g/mol. The largest absolute Gasteiger partial charge is 0.447 e. The Labute approximate surface area is 389 Å².